The number of benzene rings is 1. The minimum atomic E-state index is -4.58. The van der Waals surface area contributed by atoms with E-state index in [2.05, 4.69) is 10.4 Å². The van der Waals surface area contributed by atoms with Gasteiger partial charge in [-0.15, -0.1) is 0 Å². The van der Waals surface area contributed by atoms with Crippen molar-refractivity contribution in [3.8, 4) is 0 Å². The van der Waals surface area contributed by atoms with E-state index in [1.165, 1.54) is 24.3 Å². The van der Waals surface area contributed by atoms with Crippen LogP contribution in [0.25, 0.3) is 0 Å². The van der Waals surface area contributed by atoms with Crippen molar-refractivity contribution in [2.45, 2.75) is 19.6 Å². The molecule has 1 aromatic heterocycles. The van der Waals surface area contributed by atoms with Crippen LogP contribution in [-0.4, -0.2) is 15.7 Å². The molecule has 1 aromatic carbocycles. The third-order valence-electron chi connectivity index (χ3n) is 2.80. The lowest BCUT2D eigenvalue weighted by molar-refractivity contribution is -0.137. The SMILES string of the molecule is Cc1ccc(=O)n(CC(=O)Nc2ccccc2C(F)(F)F)n1. The molecule has 0 fully saturated rings. The van der Waals surface area contributed by atoms with Crippen LogP contribution < -0.4 is 10.9 Å². The van der Waals surface area contributed by atoms with Crippen LogP contribution in [0.2, 0.25) is 0 Å². The Kier molecular flexibility index (Phi) is 4.30. The van der Waals surface area contributed by atoms with Crippen molar-refractivity contribution in [3.05, 3.63) is 58.0 Å². The Hall–Kier alpha value is -2.64. The molecule has 22 heavy (non-hydrogen) atoms. The molecular weight excluding hydrogens is 299 g/mol. The first-order valence-corrected chi connectivity index (χ1v) is 6.28. The minimum Gasteiger partial charge on any atom is -0.324 e. The first-order valence-electron chi connectivity index (χ1n) is 6.28. The van der Waals surface area contributed by atoms with Crippen LogP contribution in [0.3, 0.4) is 0 Å². The number of anilines is 1. The predicted octanol–water partition coefficient (Wildman–Crippen LogP) is 2.21. The molecule has 0 aliphatic heterocycles. The number of carbonyl (C=O) groups excluding carboxylic acids is 1. The number of hydrogen-bond donors (Lipinski definition) is 1. The van der Waals surface area contributed by atoms with E-state index in [0.717, 1.165) is 16.8 Å². The van der Waals surface area contributed by atoms with Crippen LogP contribution >= 0.6 is 0 Å². The van der Waals surface area contributed by atoms with E-state index in [-0.39, 0.29) is 5.69 Å². The van der Waals surface area contributed by atoms with Gasteiger partial charge in [-0.3, -0.25) is 9.59 Å². The molecule has 0 atom stereocenters. The maximum Gasteiger partial charge on any atom is 0.418 e. The molecule has 116 valence electrons. The van der Waals surface area contributed by atoms with Gasteiger partial charge < -0.3 is 5.32 Å². The van der Waals surface area contributed by atoms with E-state index >= 15 is 0 Å². The van der Waals surface area contributed by atoms with E-state index in [1.807, 2.05) is 0 Å². The average Bonchev–Trinajstić information content (AvgIpc) is 2.42. The van der Waals surface area contributed by atoms with Gasteiger partial charge in [0.15, 0.2) is 0 Å². The number of aromatic nitrogens is 2. The number of aryl methyl sites for hydroxylation is 1. The van der Waals surface area contributed by atoms with E-state index in [9.17, 15) is 22.8 Å². The van der Waals surface area contributed by atoms with Crippen molar-refractivity contribution in [2.75, 3.05) is 5.32 Å². The number of halogens is 3. The van der Waals surface area contributed by atoms with Gasteiger partial charge in [0.05, 0.1) is 16.9 Å². The lowest BCUT2D eigenvalue weighted by Crippen LogP contribution is -2.30. The molecule has 2 rings (SSSR count). The number of alkyl halides is 3. The number of nitrogens with one attached hydrogen (secondary N) is 1. The smallest absolute Gasteiger partial charge is 0.324 e. The van der Waals surface area contributed by atoms with Crippen molar-refractivity contribution < 1.29 is 18.0 Å². The monoisotopic (exact) mass is 311 g/mol. The van der Waals surface area contributed by atoms with Gasteiger partial charge in [-0.2, -0.15) is 18.3 Å². The van der Waals surface area contributed by atoms with Crippen molar-refractivity contribution in [1.29, 1.82) is 0 Å². The summed E-state index contributed by atoms with van der Waals surface area (Å²) in [5.74, 6) is -0.767. The molecule has 0 saturated carbocycles. The summed E-state index contributed by atoms with van der Waals surface area (Å²) in [4.78, 5) is 23.4. The number of carbonyl (C=O) groups is 1. The van der Waals surface area contributed by atoms with Crippen molar-refractivity contribution in [2.24, 2.45) is 0 Å². The maximum atomic E-state index is 12.8. The second-order valence-electron chi connectivity index (χ2n) is 4.56. The van der Waals surface area contributed by atoms with Crippen LogP contribution in [-0.2, 0) is 17.5 Å². The number of nitrogens with zero attached hydrogens (tertiary/aromatic N) is 2. The molecule has 0 saturated heterocycles. The highest BCUT2D eigenvalue weighted by atomic mass is 19.4. The Morgan fingerprint density at radius 1 is 1.23 bits per heavy atom. The zero-order valence-corrected chi connectivity index (χ0v) is 11.5. The van der Waals surface area contributed by atoms with Crippen molar-refractivity contribution in [1.82, 2.24) is 9.78 Å². The highest BCUT2D eigenvalue weighted by Gasteiger charge is 2.33. The molecule has 8 heteroatoms. The third kappa shape index (κ3) is 3.72. The van der Waals surface area contributed by atoms with Crippen LogP contribution in [0.5, 0.6) is 0 Å². The Bertz CT molecular complexity index is 753. The molecule has 5 nitrogen and oxygen atoms in total. The molecule has 0 spiro atoms. The first kappa shape index (κ1) is 15.7. The fraction of sp³-hybridized carbons (Fsp3) is 0.214. The van der Waals surface area contributed by atoms with Gasteiger partial charge in [0, 0.05) is 6.07 Å². The van der Waals surface area contributed by atoms with E-state index in [0.29, 0.717) is 5.69 Å². The zero-order valence-electron chi connectivity index (χ0n) is 11.5. The van der Waals surface area contributed by atoms with Gasteiger partial charge in [-0.25, -0.2) is 4.68 Å². The summed E-state index contributed by atoms with van der Waals surface area (Å²) in [6, 6.07) is 7.34. The molecule has 0 aliphatic carbocycles. The normalized spacial score (nSPS) is 11.3. The Balaban J connectivity index is 2.20. The summed E-state index contributed by atoms with van der Waals surface area (Å²) in [6.07, 6.45) is -4.58. The average molecular weight is 311 g/mol. The third-order valence-corrected chi connectivity index (χ3v) is 2.80. The van der Waals surface area contributed by atoms with Gasteiger partial charge in [0.1, 0.15) is 6.54 Å². The summed E-state index contributed by atoms with van der Waals surface area (Å²) < 4.78 is 39.4. The Morgan fingerprint density at radius 2 is 1.91 bits per heavy atom. The number of rotatable bonds is 3. The van der Waals surface area contributed by atoms with Crippen LogP contribution in [0, 0.1) is 6.92 Å². The molecule has 0 aliphatic rings. The zero-order chi connectivity index (χ0) is 16.3. The van der Waals surface area contributed by atoms with Gasteiger partial charge >= 0.3 is 6.18 Å². The fourth-order valence-electron chi connectivity index (χ4n) is 1.83. The molecule has 2 aromatic rings. The number of amides is 1. The second kappa shape index (κ2) is 6.00. The predicted molar refractivity (Wildman–Crippen MR) is 73.3 cm³/mol. The molecule has 0 bridgehead atoms. The second-order valence-corrected chi connectivity index (χ2v) is 4.56. The Morgan fingerprint density at radius 3 is 2.59 bits per heavy atom. The van der Waals surface area contributed by atoms with Crippen LogP contribution in [0.1, 0.15) is 11.3 Å². The molecule has 0 radical (unpaired) electrons. The minimum absolute atomic E-state index is 0.360. The van der Waals surface area contributed by atoms with E-state index in [1.54, 1.807) is 6.92 Å². The van der Waals surface area contributed by atoms with Crippen molar-refractivity contribution >= 4 is 11.6 Å². The van der Waals surface area contributed by atoms with Crippen LogP contribution in [0.4, 0.5) is 18.9 Å². The molecular formula is C14H12F3N3O2. The van der Waals surface area contributed by atoms with Crippen molar-refractivity contribution in [3.63, 3.8) is 0 Å². The molecule has 0 unspecified atom stereocenters. The maximum absolute atomic E-state index is 12.8. The van der Waals surface area contributed by atoms with Gasteiger partial charge in [-0.05, 0) is 25.1 Å². The topological polar surface area (TPSA) is 64.0 Å². The standard InChI is InChI=1S/C14H12F3N3O2/c1-9-6-7-13(22)20(19-9)8-12(21)18-11-5-3-2-4-10(11)14(15,16)17/h2-7H,8H2,1H3,(H,18,21). The van der Waals surface area contributed by atoms with Gasteiger partial charge in [0.25, 0.3) is 5.56 Å². The highest BCUT2D eigenvalue weighted by molar-refractivity contribution is 5.91. The summed E-state index contributed by atoms with van der Waals surface area (Å²) in [5, 5.41) is 6.00. The van der Waals surface area contributed by atoms with Gasteiger partial charge in [0.2, 0.25) is 5.91 Å². The summed E-state index contributed by atoms with van der Waals surface area (Å²) in [6.45, 7) is 1.17. The summed E-state index contributed by atoms with van der Waals surface area (Å²) in [5.41, 5.74) is -1.30. The Labute approximate surface area is 123 Å². The van der Waals surface area contributed by atoms with Gasteiger partial charge in [-0.1, -0.05) is 12.1 Å². The molecule has 1 amide bonds. The number of hydrogen-bond acceptors (Lipinski definition) is 3. The number of para-hydroxylation sites is 1. The molecule has 1 heterocycles. The highest BCUT2D eigenvalue weighted by Crippen LogP contribution is 2.34. The largest absolute Gasteiger partial charge is 0.418 e. The van der Waals surface area contributed by atoms with E-state index in [4.69, 9.17) is 0 Å². The summed E-state index contributed by atoms with van der Waals surface area (Å²) in [7, 11) is 0. The lowest BCUT2D eigenvalue weighted by Gasteiger charge is -2.13. The first-order chi connectivity index (χ1) is 10.3. The quantitative estimate of drug-likeness (QED) is 0.945. The fourth-order valence-corrected chi connectivity index (χ4v) is 1.83. The summed E-state index contributed by atoms with van der Waals surface area (Å²) >= 11 is 0. The van der Waals surface area contributed by atoms with E-state index < -0.39 is 29.8 Å². The molecule has 1 N–H and O–H groups in total. The van der Waals surface area contributed by atoms with Crippen LogP contribution in [0.15, 0.2) is 41.2 Å². The lowest BCUT2D eigenvalue weighted by atomic mass is 10.1.